The molecule has 154 valence electrons. The van der Waals surface area contributed by atoms with Crippen molar-refractivity contribution in [3.8, 4) is 5.69 Å². The van der Waals surface area contributed by atoms with Crippen LogP contribution in [-0.4, -0.2) is 38.8 Å². The smallest absolute Gasteiger partial charge is 0.170 e. The number of benzene rings is 1. The zero-order valence-corrected chi connectivity index (χ0v) is 18.0. The van der Waals surface area contributed by atoms with Gasteiger partial charge in [0.2, 0.25) is 0 Å². The van der Waals surface area contributed by atoms with Crippen LogP contribution in [0.25, 0.3) is 5.69 Å². The van der Waals surface area contributed by atoms with E-state index in [1.54, 1.807) is 0 Å². The van der Waals surface area contributed by atoms with Gasteiger partial charge in [-0.2, -0.15) is 0 Å². The van der Waals surface area contributed by atoms with Crippen LogP contribution in [0.3, 0.4) is 0 Å². The van der Waals surface area contributed by atoms with E-state index in [1.165, 1.54) is 0 Å². The van der Waals surface area contributed by atoms with Gasteiger partial charge in [0.25, 0.3) is 0 Å². The number of ether oxygens (including phenoxy) is 1. The van der Waals surface area contributed by atoms with Crippen molar-refractivity contribution < 1.29 is 4.74 Å². The van der Waals surface area contributed by atoms with Gasteiger partial charge in [0, 0.05) is 41.9 Å². The Morgan fingerprint density at radius 2 is 2.10 bits per heavy atom. The second-order valence-electron chi connectivity index (χ2n) is 7.70. The summed E-state index contributed by atoms with van der Waals surface area (Å²) >= 11 is 12.1. The summed E-state index contributed by atoms with van der Waals surface area (Å²) < 4.78 is 8.12. The van der Waals surface area contributed by atoms with E-state index in [9.17, 15) is 0 Å². The number of rotatable bonds is 5. The van der Waals surface area contributed by atoms with Crippen LogP contribution in [-0.2, 0) is 4.74 Å². The predicted molar refractivity (Wildman–Crippen MR) is 122 cm³/mol. The average molecular weight is 439 g/mol. The third-order valence-corrected chi connectivity index (χ3v) is 6.38. The SMILES string of the molecule is S=C1NC(c2ccccn2)C(c2cccn2-c2cccc(Cl)c2)N1CC1CCCO1. The van der Waals surface area contributed by atoms with Gasteiger partial charge in [0.1, 0.15) is 0 Å². The van der Waals surface area contributed by atoms with Crippen molar-refractivity contribution in [3.63, 3.8) is 0 Å². The van der Waals surface area contributed by atoms with E-state index in [2.05, 4.69) is 50.2 Å². The largest absolute Gasteiger partial charge is 0.376 e. The fourth-order valence-electron chi connectivity index (χ4n) is 4.43. The lowest BCUT2D eigenvalue weighted by Gasteiger charge is -2.30. The molecule has 0 radical (unpaired) electrons. The Kier molecular flexibility index (Phi) is 5.46. The first-order valence-electron chi connectivity index (χ1n) is 10.2. The number of hydrogen-bond acceptors (Lipinski definition) is 3. The molecule has 3 atom stereocenters. The molecular formula is C23H23ClN4OS. The van der Waals surface area contributed by atoms with Gasteiger partial charge < -0.3 is 19.5 Å². The molecular weight excluding hydrogens is 416 g/mol. The highest BCUT2D eigenvalue weighted by Crippen LogP contribution is 2.40. The highest BCUT2D eigenvalue weighted by atomic mass is 35.5. The molecule has 3 unspecified atom stereocenters. The van der Waals surface area contributed by atoms with Crippen molar-refractivity contribution in [2.24, 2.45) is 0 Å². The van der Waals surface area contributed by atoms with Crippen LogP contribution >= 0.6 is 23.8 Å². The summed E-state index contributed by atoms with van der Waals surface area (Å²) in [6.45, 7) is 1.59. The second-order valence-corrected chi connectivity index (χ2v) is 8.52. The minimum absolute atomic E-state index is 0.00872. The molecule has 2 aliphatic rings. The van der Waals surface area contributed by atoms with Gasteiger partial charge in [0.05, 0.1) is 23.9 Å². The fraction of sp³-hybridized carbons (Fsp3) is 0.304. The molecule has 5 rings (SSSR count). The molecule has 2 saturated heterocycles. The number of nitrogens with zero attached hydrogens (tertiary/aromatic N) is 3. The Labute approximate surface area is 186 Å². The van der Waals surface area contributed by atoms with Crippen LogP contribution in [0.5, 0.6) is 0 Å². The van der Waals surface area contributed by atoms with Crippen molar-refractivity contribution in [1.29, 1.82) is 0 Å². The summed E-state index contributed by atoms with van der Waals surface area (Å²) in [6, 6.07) is 18.1. The minimum Gasteiger partial charge on any atom is -0.376 e. The molecule has 5 nitrogen and oxygen atoms in total. The normalized spacial score (nSPS) is 23.7. The first-order chi connectivity index (χ1) is 14.7. The van der Waals surface area contributed by atoms with E-state index in [-0.39, 0.29) is 18.2 Å². The molecule has 2 fully saturated rings. The van der Waals surface area contributed by atoms with Gasteiger partial charge in [0.15, 0.2) is 5.11 Å². The molecule has 0 spiro atoms. The molecule has 30 heavy (non-hydrogen) atoms. The number of aromatic nitrogens is 2. The number of nitrogens with one attached hydrogen (secondary N) is 1. The first kappa shape index (κ1) is 19.5. The molecule has 2 aromatic heterocycles. The van der Waals surface area contributed by atoms with Gasteiger partial charge in [-0.05, 0) is 67.5 Å². The highest BCUT2D eigenvalue weighted by Gasteiger charge is 2.42. The van der Waals surface area contributed by atoms with Crippen LogP contribution in [0, 0.1) is 0 Å². The van der Waals surface area contributed by atoms with E-state index >= 15 is 0 Å². The van der Waals surface area contributed by atoms with Crippen molar-refractivity contribution in [2.45, 2.75) is 31.0 Å². The maximum Gasteiger partial charge on any atom is 0.170 e. The van der Waals surface area contributed by atoms with Crippen molar-refractivity contribution >= 4 is 28.9 Å². The lowest BCUT2D eigenvalue weighted by Crippen LogP contribution is -2.36. The summed E-state index contributed by atoms with van der Waals surface area (Å²) in [4.78, 5) is 6.89. The molecule has 3 aromatic rings. The van der Waals surface area contributed by atoms with Crippen LogP contribution in [0.15, 0.2) is 67.0 Å². The fourth-order valence-corrected chi connectivity index (χ4v) is 4.93. The van der Waals surface area contributed by atoms with Crippen LogP contribution < -0.4 is 5.32 Å². The monoisotopic (exact) mass is 438 g/mol. The minimum atomic E-state index is -0.0482. The number of halogens is 1. The van der Waals surface area contributed by atoms with E-state index in [0.717, 1.165) is 48.2 Å². The second kappa shape index (κ2) is 8.38. The van der Waals surface area contributed by atoms with Crippen molar-refractivity contribution in [3.05, 3.63) is 83.4 Å². The van der Waals surface area contributed by atoms with Crippen LogP contribution in [0.4, 0.5) is 0 Å². The van der Waals surface area contributed by atoms with E-state index in [4.69, 9.17) is 28.6 Å². The Bertz CT molecular complexity index is 1030. The van der Waals surface area contributed by atoms with Gasteiger partial charge in [-0.3, -0.25) is 4.98 Å². The lowest BCUT2D eigenvalue weighted by molar-refractivity contribution is 0.0836. The Morgan fingerprint density at radius 3 is 2.87 bits per heavy atom. The number of thiocarbonyl (C=S) groups is 1. The number of pyridine rings is 1. The van der Waals surface area contributed by atoms with Crippen molar-refractivity contribution in [2.75, 3.05) is 13.2 Å². The molecule has 0 saturated carbocycles. The molecule has 0 aliphatic carbocycles. The van der Waals surface area contributed by atoms with Crippen molar-refractivity contribution in [1.82, 2.24) is 19.8 Å². The quantitative estimate of drug-likeness (QED) is 0.586. The lowest BCUT2D eigenvalue weighted by atomic mass is 10.0. The summed E-state index contributed by atoms with van der Waals surface area (Å²) in [5.74, 6) is 0. The third-order valence-electron chi connectivity index (χ3n) is 5.79. The molecule has 2 aliphatic heterocycles. The van der Waals surface area contributed by atoms with Gasteiger partial charge in [-0.15, -0.1) is 0 Å². The standard InChI is InChI=1S/C23H23ClN4OS/c24-16-6-3-7-17(14-16)27-12-4-10-20(27)22-21(19-9-1-2-11-25-19)26-23(30)28(22)15-18-8-5-13-29-18/h1-4,6-7,9-12,14,18,21-22H,5,8,13,15H2,(H,26,30). The first-order valence-corrected chi connectivity index (χ1v) is 11.0. The topological polar surface area (TPSA) is 42.3 Å². The molecule has 4 heterocycles. The Balaban J connectivity index is 1.57. The Morgan fingerprint density at radius 1 is 1.17 bits per heavy atom. The zero-order chi connectivity index (χ0) is 20.5. The third kappa shape index (κ3) is 3.71. The predicted octanol–water partition coefficient (Wildman–Crippen LogP) is 4.68. The summed E-state index contributed by atoms with van der Waals surface area (Å²) in [5.41, 5.74) is 3.13. The highest BCUT2D eigenvalue weighted by molar-refractivity contribution is 7.80. The molecule has 1 N–H and O–H groups in total. The van der Waals surface area contributed by atoms with Gasteiger partial charge >= 0.3 is 0 Å². The van der Waals surface area contributed by atoms with Crippen LogP contribution in [0.2, 0.25) is 5.02 Å². The van der Waals surface area contributed by atoms with E-state index in [0.29, 0.717) is 5.02 Å². The zero-order valence-electron chi connectivity index (χ0n) is 16.4. The molecule has 0 bridgehead atoms. The van der Waals surface area contributed by atoms with E-state index < -0.39 is 0 Å². The molecule has 1 aromatic carbocycles. The Hall–Kier alpha value is -2.41. The number of hydrogen-bond donors (Lipinski definition) is 1. The van der Waals surface area contributed by atoms with Gasteiger partial charge in [-0.1, -0.05) is 23.7 Å². The molecule has 7 heteroatoms. The summed E-state index contributed by atoms with van der Waals surface area (Å²) in [5, 5.41) is 4.98. The summed E-state index contributed by atoms with van der Waals surface area (Å²) in [7, 11) is 0. The average Bonchev–Trinajstić information content (AvgIpc) is 3.50. The maximum atomic E-state index is 6.28. The molecule has 0 amide bonds. The maximum absolute atomic E-state index is 6.28. The van der Waals surface area contributed by atoms with Crippen LogP contribution in [0.1, 0.15) is 36.3 Å². The van der Waals surface area contributed by atoms with E-state index in [1.807, 2.05) is 36.5 Å². The summed E-state index contributed by atoms with van der Waals surface area (Å²) in [6.07, 6.45) is 6.27. The van der Waals surface area contributed by atoms with Gasteiger partial charge in [-0.25, -0.2) is 0 Å².